The third kappa shape index (κ3) is 6.71. The number of halogens is 1. The van der Waals surface area contributed by atoms with Crippen molar-refractivity contribution in [2.75, 3.05) is 44.4 Å². The smallest absolute Gasteiger partial charge is 0.260 e. The van der Waals surface area contributed by atoms with Crippen molar-refractivity contribution in [2.45, 2.75) is 32.2 Å². The highest BCUT2D eigenvalue weighted by atomic mass is 35.5. The van der Waals surface area contributed by atoms with Crippen LogP contribution in [0.1, 0.15) is 36.7 Å². The molecule has 0 unspecified atom stereocenters. The quantitative estimate of drug-likeness (QED) is 0.200. The molecule has 0 aliphatic carbocycles. The van der Waals surface area contributed by atoms with Gasteiger partial charge in [0.05, 0.1) is 15.1 Å². The number of amides is 1. The second-order valence-electron chi connectivity index (χ2n) is 9.59. The molecule has 0 fully saturated rings. The van der Waals surface area contributed by atoms with Gasteiger partial charge in [0, 0.05) is 43.9 Å². The summed E-state index contributed by atoms with van der Waals surface area (Å²) in [4.78, 5) is 22.7. The van der Waals surface area contributed by atoms with E-state index in [1.807, 2.05) is 49.4 Å². The highest BCUT2D eigenvalue weighted by molar-refractivity contribution is 7.89. The van der Waals surface area contributed by atoms with Gasteiger partial charge in [-0.2, -0.15) is 4.31 Å². The van der Waals surface area contributed by atoms with Gasteiger partial charge in [0.2, 0.25) is 16.8 Å². The van der Waals surface area contributed by atoms with Gasteiger partial charge in [-0.25, -0.2) is 13.4 Å². The van der Waals surface area contributed by atoms with Crippen LogP contribution >= 0.6 is 23.7 Å². The molecule has 1 aliphatic rings. The number of hydrogen-bond donors (Lipinski definition) is 0. The van der Waals surface area contributed by atoms with Gasteiger partial charge in [0.1, 0.15) is 0 Å². The predicted octanol–water partition coefficient (Wildman–Crippen LogP) is 5.65. The molecule has 12 heteroatoms. The van der Waals surface area contributed by atoms with Crippen molar-refractivity contribution in [1.29, 1.82) is 0 Å². The number of thiazole rings is 1. The van der Waals surface area contributed by atoms with E-state index in [1.54, 1.807) is 17.0 Å². The fourth-order valence-corrected chi connectivity index (χ4v) is 7.15. The molecule has 0 spiro atoms. The Hall–Kier alpha value is -3.22. The monoisotopic (exact) mass is 630 g/mol. The van der Waals surface area contributed by atoms with Crippen LogP contribution in [0.15, 0.2) is 71.6 Å². The molecule has 1 aromatic heterocycles. The summed E-state index contributed by atoms with van der Waals surface area (Å²) in [6.07, 6.45) is 0. The Morgan fingerprint density at radius 2 is 1.57 bits per heavy atom. The zero-order chi connectivity index (χ0) is 29.0. The average molecular weight is 631 g/mol. The maximum Gasteiger partial charge on any atom is 0.260 e. The molecule has 0 saturated carbocycles. The topological polar surface area (TPSA) is 92.3 Å². The normalized spacial score (nSPS) is 12.6. The van der Waals surface area contributed by atoms with Crippen LogP contribution in [0, 0.1) is 0 Å². The van der Waals surface area contributed by atoms with E-state index in [-0.39, 0.29) is 36.5 Å². The predicted molar refractivity (Wildman–Crippen MR) is 169 cm³/mol. The molecule has 0 radical (unpaired) electrons. The SMILES string of the molecule is CCN(CC)CCN(C(=O)c1ccc(S(=O)(=O)N(CC)Cc2ccccc2)cc1)c1nc2cc3c(cc2s1)OCO3.Cl. The molecule has 0 atom stereocenters. The fourth-order valence-electron chi connectivity index (χ4n) is 4.71. The van der Waals surface area contributed by atoms with Crippen LogP contribution in [0.3, 0.4) is 0 Å². The van der Waals surface area contributed by atoms with Crippen molar-refractivity contribution in [3.05, 3.63) is 77.9 Å². The van der Waals surface area contributed by atoms with Crippen LogP contribution in [-0.2, 0) is 16.6 Å². The number of carbonyl (C=O) groups is 1. The highest BCUT2D eigenvalue weighted by Gasteiger charge is 2.26. The number of ether oxygens (including phenoxy) is 2. The van der Waals surface area contributed by atoms with Crippen LogP contribution in [0.25, 0.3) is 10.2 Å². The first kappa shape index (κ1) is 31.7. The number of aromatic nitrogens is 1. The zero-order valence-corrected chi connectivity index (χ0v) is 26.3. The first-order valence-corrected chi connectivity index (χ1v) is 16.0. The number of anilines is 1. The minimum absolute atomic E-state index is 0. The van der Waals surface area contributed by atoms with Gasteiger partial charge in [-0.15, -0.1) is 12.4 Å². The van der Waals surface area contributed by atoms with Gasteiger partial charge >= 0.3 is 0 Å². The van der Waals surface area contributed by atoms with E-state index in [4.69, 9.17) is 14.5 Å². The Morgan fingerprint density at radius 1 is 0.905 bits per heavy atom. The molecule has 0 saturated heterocycles. The second-order valence-corrected chi connectivity index (χ2v) is 12.5. The Labute approximate surface area is 257 Å². The van der Waals surface area contributed by atoms with Gasteiger partial charge in [0.25, 0.3) is 5.91 Å². The first-order valence-electron chi connectivity index (χ1n) is 13.7. The molecular formula is C30H35ClN4O5S2. The lowest BCUT2D eigenvalue weighted by molar-refractivity contribution is 0.0983. The molecular weight excluding hydrogens is 596 g/mol. The Bertz CT molecular complexity index is 1570. The Kier molecular flexibility index (Phi) is 10.4. The Balaban J connectivity index is 0.00000405. The lowest BCUT2D eigenvalue weighted by Crippen LogP contribution is -2.39. The summed E-state index contributed by atoms with van der Waals surface area (Å²) < 4.78 is 40.2. The lowest BCUT2D eigenvalue weighted by Gasteiger charge is -2.25. The molecule has 0 bridgehead atoms. The van der Waals surface area contributed by atoms with Crippen LogP contribution in [0.2, 0.25) is 0 Å². The van der Waals surface area contributed by atoms with E-state index in [0.29, 0.717) is 41.8 Å². The maximum absolute atomic E-state index is 13.9. The molecule has 4 aromatic rings. The number of likely N-dealkylation sites (N-methyl/N-ethyl adjacent to an activating group) is 1. The van der Waals surface area contributed by atoms with E-state index >= 15 is 0 Å². The number of hydrogen-bond acceptors (Lipinski definition) is 8. The Morgan fingerprint density at radius 3 is 2.21 bits per heavy atom. The maximum atomic E-state index is 13.9. The minimum Gasteiger partial charge on any atom is -0.454 e. The number of rotatable bonds is 12. The van der Waals surface area contributed by atoms with Crippen molar-refractivity contribution in [3.63, 3.8) is 0 Å². The standard InChI is InChI=1S/C30H34N4O5S2.ClH/c1-4-32(5-2)16-17-34(30-31-25-18-26-27(39-21-38-26)19-28(25)40-30)29(35)23-12-14-24(15-13-23)41(36,37)33(6-3)20-22-10-8-7-9-11-22;/h7-15,18-19H,4-6,16-17,20-21H2,1-3H3;1H. The van der Waals surface area contributed by atoms with Crippen molar-refractivity contribution < 1.29 is 22.7 Å². The van der Waals surface area contributed by atoms with Crippen LogP contribution < -0.4 is 14.4 Å². The van der Waals surface area contributed by atoms with E-state index < -0.39 is 10.0 Å². The number of sulfonamides is 1. The number of nitrogens with zero attached hydrogens (tertiary/aromatic N) is 4. The third-order valence-electron chi connectivity index (χ3n) is 7.18. The number of benzene rings is 3. The summed E-state index contributed by atoms with van der Waals surface area (Å²) in [6.45, 7) is 9.62. The molecule has 9 nitrogen and oxygen atoms in total. The zero-order valence-electron chi connectivity index (χ0n) is 23.9. The second kappa shape index (κ2) is 13.8. The molecule has 2 heterocycles. The van der Waals surface area contributed by atoms with Crippen LogP contribution in [-0.4, -0.2) is 68.0 Å². The molecule has 5 rings (SSSR count). The summed E-state index contributed by atoms with van der Waals surface area (Å²) in [5.41, 5.74) is 2.03. The molecule has 1 amide bonds. The summed E-state index contributed by atoms with van der Waals surface area (Å²) in [7, 11) is -3.75. The van der Waals surface area contributed by atoms with Gasteiger partial charge in [0.15, 0.2) is 16.6 Å². The molecule has 0 N–H and O–H groups in total. The summed E-state index contributed by atoms with van der Waals surface area (Å²) in [5, 5.41) is 0.567. The minimum atomic E-state index is -3.75. The molecule has 3 aromatic carbocycles. The van der Waals surface area contributed by atoms with Gasteiger partial charge in [-0.1, -0.05) is 62.4 Å². The largest absolute Gasteiger partial charge is 0.454 e. The van der Waals surface area contributed by atoms with E-state index in [9.17, 15) is 13.2 Å². The van der Waals surface area contributed by atoms with Gasteiger partial charge in [-0.05, 0) is 42.9 Å². The van der Waals surface area contributed by atoms with E-state index in [0.717, 1.165) is 28.9 Å². The molecule has 224 valence electrons. The van der Waals surface area contributed by atoms with E-state index in [1.165, 1.54) is 27.8 Å². The third-order valence-corrected chi connectivity index (χ3v) is 10.2. The fraction of sp³-hybridized carbons (Fsp3) is 0.333. The van der Waals surface area contributed by atoms with Gasteiger partial charge in [-0.3, -0.25) is 9.69 Å². The summed E-state index contributed by atoms with van der Waals surface area (Å²) in [6, 6.07) is 19.4. The van der Waals surface area contributed by atoms with E-state index in [2.05, 4.69) is 18.7 Å². The lowest BCUT2D eigenvalue weighted by atomic mass is 10.2. The summed E-state index contributed by atoms with van der Waals surface area (Å²) >= 11 is 1.41. The van der Waals surface area contributed by atoms with Crippen molar-refractivity contribution in [2.24, 2.45) is 0 Å². The van der Waals surface area contributed by atoms with Crippen molar-refractivity contribution >= 4 is 55.0 Å². The average Bonchev–Trinajstić information content (AvgIpc) is 3.63. The number of carbonyl (C=O) groups excluding carboxylic acids is 1. The van der Waals surface area contributed by atoms with Crippen LogP contribution in [0.4, 0.5) is 5.13 Å². The van der Waals surface area contributed by atoms with Crippen molar-refractivity contribution in [3.8, 4) is 11.5 Å². The van der Waals surface area contributed by atoms with Gasteiger partial charge < -0.3 is 14.4 Å². The molecule has 42 heavy (non-hydrogen) atoms. The molecule has 1 aliphatic heterocycles. The number of fused-ring (bicyclic) bond motifs is 2. The highest BCUT2D eigenvalue weighted by Crippen LogP contribution is 2.40. The first-order chi connectivity index (χ1) is 19.8. The summed E-state index contributed by atoms with van der Waals surface area (Å²) in [5.74, 6) is 1.07. The van der Waals surface area contributed by atoms with Crippen molar-refractivity contribution in [1.82, 2.24) is 14.2 Å². The van der Waals surface area contributed by atoms with Crippen LogP contribution in [0.5, 0.6) is 11.5 Å².